The van der Waals surface area contributed by atoms with E-state index in [-0.39, 0.29) is 18.1 Å². The minimum atomic E-state index is -1.32. The molecular formula is C17H14O6. The van der Waals surface area contributed by atoms with Crippen molar-refractivity contribution in [2.75, 3.05) is 13.9 Å². The molecule has 0 amide bonds. The zero-order valence-electron chi connectivity index (χ0n) is 12.3. The van der Waals surface area contributed by atoms with Gasteiger partial charge in [-0.25, -0.2) is 0 Å². The molecule has 4 rings (SSSR count). The zero-order valence-corrected chi connectivity index (χ0v) is 12.3. The Kier molecular flexibility index (Phi) is 3.12. The van der Waals surface area contributed by atoms with Crippen molar-refractivity contribution in [3.8, 4) is 23.0 Å². The van der Waals surface area contributed by atoms with Gasteiger partial charge in [0, 0.05) is 6.07 Å². The molecule has 2 aromatic rings. The number of methoxy groups -OCH3 is 1. The molecule has 0 aromatic heterocycles. The maximum absolute atomic E-state index is 12.7. The second kappa shape index (κ2) is 5.17. The predicted molar refractivity (Wildman–Crippen MR) is 79.3 cm³/mol. The third-order valence-electron chi connectivity index (χ3n) is 3.97. The van der Waals surface area contributed by atoms with Crippen LogP contribution in [0.2, 0.25) is 0 Å². The number of fused-ring (bicyclic) bond motifs is 2. The summed E-state index contributed by atoms with van der Waals surface area (Å²) in [5, 5.41) is 10.4. The lowest BCUT2D eigenvalue weighted by Crippen LogP contribution is -2.36. The molecule has 0 saturated carbocycles. The number of hydrogen-bond donors (Lipinski definition) is 1. The fraction of sp³-hybridized carbons (Fsp3) is 0.235. The van der Waals surface area contributed by atoms with Crippen molar-refractivity contribution in [1.29, 1.82) is 0 Å². The molecule has 2 heterocycles. The molecule has 0 fully saturated rings. The van der Waals surface area contributed by atoms with Gasteiger partial charge in [-0.05, 0) is 5.56 Å². The predicted octanol–water partition coefficient (Wildman–Crippen LogP) is 2.10. The number of aliphatic hydroxyl groups excluding tert-OH is 1. The minimum absolute atomic E-state index is 0.0491. The molecule has 0 aliphatic carbocycles. The van der Waals surface area contributed by atoms with E-state index in [4.69, 9.17) is 18.9 Å². The monoisotopic (exact) mass is 314 g/mol. The molecule has 23 heavy (non-hydrogen) atoms. The van der Waals surface area contributed by atoms with Crippen LogP contribution in [0.1, 0.15) is 22.0 Å². The fourth-order valence-corrected chi connectivity index (χ4v) is 2.89. The van der Waals surface area contributed by atoms with Gasteiger partial charge in [0.25, 0.3) is 0 Å². The van der Waals surface area contributed by atoms with E-state index in [1.165, 1.54) is 7.11 Å². The van der Waals surface area contributed by atoms with Crippen molar-refractivity contribution in [1.82, 2.24) is 0 Å². The number of aliphatic hydroxyl groups is 1. The fourth-order valence-electron chi connectivity index (χ4n) is 2.89. The Bertz CT molecular complexity index is 770. The average molecular weight is 314 g/mol. The highest BCUT2D eigenvalue weighted by Crippen LogP contribution is 2.51. The summed E-state index contributed by atoms with van der Waals surface area (Å²) in [5.74, 6) is 0.890. The lowest BCUT2D eigenvalue weighted by atomic mass is 9.92. The Morgan fingerprint density at radius 2 is 1.96 bits per heavy atom. The number of carbonyl (C=O) groups excluding carboxylic acids is 1. The summed E-state index contributed by atoms with van der Waals surface area (Å²) in [5.41, 5.74) is 0.895. The van der Waals surface area contributed by atoms with Crippen molar-refractivity contribution < 1.29 is 28.8 Å². The number of ketones is 1. The van der Waals surface area contributed by atoms with Crippen LogP contribution in [0.3, 0.4) is 0 Å². The Morgan fingerprint density at radius 1 is 1.17 bits per heavy atom. The molecule has 6 nitrogen and oxygen atoms in total. The SMILES string of the molecule is COc1c2c(cc3c1C(=O)C(O)C(c1ccccc1)O3)OCO2. The van der Waals surface area contributed by atoms with Crippen LogP contribution >= 0.6 is 0 Å². The van der Waals surface area contributed by atoms with Crippen LogP contribution in [0.5, 0.6) is 23.0 Å². The van der Waals surface area contributed by atoms with E-state index in [2.05, 4.69) is 0 Å². The molecule has 6 heteroatoms. The van der Waals surface area contributed by atoms with E-state index < -0.39 is 18.0 Å². The molecule has 2 unspecified atom stereocenters. The quantitative estimate of drug-likeness (QED) is 0.915. The largest absolute Gasteiger partial charge is 0.492 e. The Morgan fingerprint density at radius 3 is 2.70 bits per heavy atom. The average Bonchev–Trinajstić information content (AvgIpc) is 3.05. The smallest absolute Gasteiger partial charge is 0.231 e. The molecule has 118 valence electrons. The normalized spacial score (nSPS) is 21.6. The van der Waals surface area contributed by atoms with E-state index in [9.17, 15) is 9.90 Å². The molecule has 2 aliphatic heterocycles. The first kappa shape index (κ1) is 13.9. The van der Waals surface area contributed by atoms with Gasteiger partial charge in [0.2, 0.25) is 18.3 Å². The highest BCUT2D eigenvalue weighted by molar-refractivity contribution is 6.06. The second-order valence-corrected chi connectivity index (χ2v) is 5.27. The van der Waals surface area contributed by atoms with Gasteiger partial charge in [-0.15, -0.1) is 0 Å². The first-order valence-electron chi connectivity index (χ1n) is 7.15. The first-order chi connectivity index (χ1) is 11.2. The number of hydrogen-bond acceptors (Lipinski definition) is 6. The van der Waals surface area contributed by atoms with Gasteiger partial charge in [0.05, 0.1) is 7.11 Å². The summed E-state index contributed by atoms with van der Waals surface area (Å²) in [6, 6.07) is 10.7. The molecule has 0 saturated heterocycles. The van der Waals surface area contributed by atoms with Crippen molar-refractivity contribution >= 4 is 5.78 Å². The highest BCUT2D eigenvalue weighted by atomic mass is 16.7. The molecule has 1 N–H and O–H groups in total. The first-order valence-corrected chi connectivity index (χ1v) is 7.15. The van der Waals surface area contributed by atoms with Gasteiger partial charge >= 0.3 is 0 Å². The van der Waals surface area contributed by atoms with Crippen LogP contribution in [0.4, 0.5) is 0 Å². The number of carbonyl (C=O) groups is 1. The van der Waals surface area contributed by atoms with Crippen LogP contribution in [-0.4, -0.2) is 30.9 Å². The van der Waals surface area contributed by atoms with E-state index in [1.807, 2.05) is 18.2 Å². The topological polar surface area (TPSA) is 74.2 Å². The number of rotatable bonds is 2. The van der Waals surface area contributed by atoms with Crippen LogP contribution in [0, 0.1) is 0 Å². The summed E-state index contributed by atoms with van der Waals surface area (Å²) in [7, 11) is 1.43. The zero-order chi connectivity index (χ0) is 16.0. The molecule has 0 spiro atoms. The maximum Gasteiger partial charge on any atom is 0.231 e. The maximum atomic E-state index is 12.7. The van der Waals surface area contributed by atoms with Gasteiger partial charge in [-0.1, -0.05) is 30.3 Å². The third kappa shape index (κ3) is 2.03. The molecule has 2 aromatic carbocycles. The summed E-state index contributed by atoms with van der Waals surface area (Å²) < 4.78 is 21.9. The Hall–Kier alpha value is -2.73. The lowest BCUT2D eigenvalue weighted by Gasteiger charge is -2.30. The lowest BCUT2D eigenvalue weighted by molar-refractivity contribution is 0.0210. The number of Topliss-reactive ketones (excluding diaryl/α,β-unsaturated/α-hetero) is 1. The van der Waals surface area contributed by atoms with Gasteiger partial charge in [0.1, 0.15) is 11.3 Å². The molecule has 2 aliphatic rings. The summed E-state index contributed by atoms with van der Waals surface area (Å²) in [6.07, 6.45) is -2.10. The standard InChI is InChI=1S/C17H14O6/c1-20-17-12-10(7-11-16(17)22-8-21-11)23-15(14(19)13(12)18)9-5-3-2-4-6-9/h2-7,14-15,19H,8H2,1H3. The minimum Gasteiger partial charge on any atom is -0.492 e. The molecule has 2 atom stereocenters. The van der Waals surface area contributed by atoms with Crippen LogP contribution in [0.25, 0.3) is 0 Å². The van der Waals surface area contributed by atoms with E-state index >= 15 is 0 Å². The summed E-state index contributed by atoms with van der Waals surface area (Å²) in [4.78, 5) is 12.7. The molecular weight excluding hydrogens is 300 g/mol. The number of benzene rings is 2. The third-order valence-corrected chi connectivity index (χ3v) is 3.97. The Labute approximate surface area is 132 Å². The van der Waals surface area contributed by atoms with Crippen molar-refractivity contribution in [3.63, 3.8) is 0 Å². The van der Waals surface area contributed by atoms with Crippen molar-refractivity contribution in [3.05, 3.63) is 47.5 Å². The van der Waals surface area contributed by atoms with Gasteiger partial charge in [-0.3, -0.25) is 4.79 Å². The van der Waals surface area contributed by atoms with Crippen molar-refractivity contribution in [2.24, 2.45) is 0 Å². The second-order valence-electron chi connectivity index (χ2n) is 5.27. The van der Waals surface area contributed by atoms with Crippen LogP contribution in [-0.2, 0) is 0 Å². The number of ether oxygens (including phenoxy) is 4. The molecule has 0 bridgehead atoms. The summed E-state index contributed by atoms with van der Waals surface area (Å²) >= 11 is 0. The van der Waals surface area contributed by atoms with E-state index in [1.54, 1.807) is 18.2 Å². The van der Waals surface area contributed by atoms with Crippen LogP contribution < -0.4 is 18.9 Å². The summed E-state index contributed by atoms with van der Waals surface area (Å²) in [6.45, 7) is 0.0491. The van der Waals surface area contributed by atoms with Crippen LogP contribution in [0.15, 0.2) is 36.4 Å². The van der Waals surface area contributed by atoms with Gasteiger partial charge in [-0.2, -0.15) is 0 Å². The van der Waals surface area contributed by atoms with Gasteiger partial charge < -0.3 is 24.1 Å². The Balaban J connectivity index is 1.85. The van der Waals surface area contributed by atoms with E-state index in [0.717, 1.165) is 5.56 Å². The van der Waals surface area contributed by atoms with E-state index in [0.29, 0.717) is 17.2 Å². The van der Waals surface area contributed by atoms with Gasteiger partial charge in [0.15, 0.2) is 23.7 Å². The van der Waals surface area contributed by atoms with Crippen molar-refractivity contribution in [2.45, 2.75) is 12.2 Å². The highest BCUT2D eigenvalue weighted by Gasteiger charge is 2.41. The molecule has 0 radical (unpaired) electrons.